The molecule has 0 aliphatic rings. The summed E-state index contributed by atoms with van der Waals surface area (Å²) in [5.74, 6) is -0.634. The predicted molar refractivity (Wildman–Crippen MR) is 84.7 cm³/mol. The van der Waals surface area contributed by atoms with E-state index >= 15 is 0 Å². The number of rotatable bonds is 9. The van der Waals surface area contributed by atoms with Gasteiger partial charge in [0.25, 0.3) is 5.91 Å². The molecule has 0 saturated carbocycles. The average molecular weight is 321 g/mol. The number of amides is 2. The van der Waals surface area contributed by atoms with E-state index < -0.39 is 0 Å². The number of nitrogens with zero attached hydrogens (tertiary/aromatic N) is 2. The van der Waals surface area contributed by atoms with Crippen molar-refractivity contribution in [2.75, 3.05) is 26.2 Å². The third kappa shape index (κ3) is 7.39. The summed E-state index contributed by atoms with van der Waals surface area (Å²) in [6, 6.07) is 3.37. The fourth-order valence-electron chi connectivity index (χ4n) is 1.98. The molecule has 0 aliphatic carbocycles. The molecule has 7 heteroatoms. The molecule has 2 amide bonds. The van der Waals surface area contributed by atoms with Gasteiger partial charge < -0.3 is 15.0 Å². The van der Waals surface area contributed by atoms with Crippen LogP contribution in [0.2, 0.25) is 0 Å². The first-order valence-corrected chi connectivity index (χ1v) is 7.64. The number of hydrogen-bond acceptors (Lipinski definition) is 5. The molecule has 0 bridgehead atoms. The molecule has 0 saturated heterocycles. The van der Waals surface area contributed by atoms with Crippen molar-refractivity contribution in [1.29, 1.82) is 0 Å². The molecule has 0 fully saturated rings. The summed E-state index contributed by atoms with van der Waals surface area (Å²) < 4.78 is 4.89. The summed E-state index contributed by atoms with van der Waals surface area (Å²) >= 11 is 0. The van der Waals surface area contributed by atoms with E-state index in [-0.39, 0.29) is 30.7 Å². The number of hydrogen-bond donors (Lipinski definition) is 1. The highest BCUT2D eigenvalue weighted by molar-refractivity contribution is 5.94. The minimum Gasteiger partial charge on any atom is -0.466 e. The lowest BCUT2D eigenvalue weighted by Gasteiger charge is -2.22. The van der Waals surface area contributed by atoms with Crippen LogP contribution >= 0.6 is 0 Å². The number of aromatic nitrogens is 1. The molecule has 1 N–H and O–H groups in total. The number of nitrogens with one attached hydrogen (secondary N) is 1. The smallest absolute Gasteiger partial charge is 0.307 e. The summed E-state index contributed by atoms with van der Waals surface area (Å²) in [6.07, 6.45) is 3.83. The molecule has 1 aromatic rings. The van der Waals surface area contributed by atoms with Gasteiger partial charge in [0, 0.05) is 39.0 Å². The molecule has 1 heterocycles. The Labute approximate surface area is 136 Å². The Morgan fingerprint density at radius 1 is 1.30 bits per heavy atom. The standard InChI is InChI=1S/C16H23N3O4/c1-3-23-15(21)7-11-19(10-5-9-18-13(2)20)16(22)14-6-4-8-17-12-14/h4,6,8,12H,3,5,7,9-11H2,1-2H3,(H,18,20). The molecule has 0 unspecified atom stereocenters. The normalized spacial score (nSPS) is 10.0. The molecule has 0 aromatic carbocycles. The molecule has 7 nitrogen and oxygen atoms in total. The topological polar surface area (TPSA) is 88.6 Å². The van der Waals surface area contributed by atoms with E-state index in [4.69, 9.17) is 4.74 Å². The van der Waals surface area contributed by atoms with Gasteiger partial charge in [0.2, 0.25) is 5.91 Å². The number of carbonyl (C=O) groups excluding carboxylic acids is 3. The van der Waals surface area contributed by atoms with Crippen LogP contribution in [0.3, 0.4) is 0 Å². The summed E-state index contributed by atoms with van der Waals surface area (Å²) in [5, 5.41) is 2.68. The zero-order chi connectivity index (χ0) is 17.1. The average Bonchev–Trinajstić information content (AvgIpc) is 2.54. The molecule has 0 spiro atoms. The van der Waals surface area contributed by atoms with Crippen LogP contribution < -0.4 is 5.32 Å². The van der Waals surface area contributed by atoms with E-state index in [0.29, 0.717) is 31.7 Å². The van der Waals surface area contributed by atoms with Crippen molar-refractivity contribution >= 4 is 17.8 Å². The van der Waals surface area contributed by atoms with E-state index in [1.165, 1.54) is 13.1 Å². The highest BCUT2D eigenvalue weighted by Gasteiger charge is 2.17. The van der Waals surface area contributed by atoms with Crippen molar-refractivity contribution in [3.8, 4) is 0 Å². The fraction of sp³-hybridized carbons (Fsp3) is 0.500. The van der Waals surface area contributed by atoms with E-state index in [9.17, 15) is 14.4 Å². The molecule has 0 atom stereocenters. The van der Waals surface area contributed by atoms with Crippen LogP contribution in [0.25, 0.3) is 0 Å². The maximum Gasteiger partial charge on any atom is 0.307 e. The maximum absolute atomic E-state index is 12.5. The molecule has 1 rings (SSSR count). The molecule has 1 aromatic heterocycles. The highest BCUT2D eigenvalue weighted by atomic mass is 16.5. The molecular formula is C16H23N3O4. The Morgan fingerprint density at radius 3 is 2.70 bits per heavy atom. The van der Waals surface area contributed by atoms with Crippen molar-refractivity contribution in [2.45, 2.75) is 26.7 Å². The lowest BCUT2D eigenvalue weighted by atomic mass is 10.2. The van der Waals surface area contributed by atoms with Gasteiger partial charge in [-0.15, -0.1) is 0 Å². The van der Waals surface area contributed by atoms with Crippen LogP contribution in [0.15, 0.2) is 24.5 Å². The minimum absolute atomic E-state index is 0.110. The van der Waals surface area contributed by atoms with Gasteiger partial charge in [-0.05, 0) is 25.5 Å². The number of esters is 1. The monoisotopic (exact) mass is 321 g/mol. The first kappa shape index (κ1) is 18.6. The van der Waals surface area contributed by atoms with Crippen LogP contribution in [0.4, 0.5) is 0 Å². The van der Waals surface area contributed by atoms with E-state index in [1.54, 1.807) is 30.2 Å². The van der Waals surface area contributed by atoms with Crippen LogP contribution in [-0.4, -0.2) is 53.9 Å². The van der Waals surface area contributed by atoms with E-state index in [2.05, 4.69) is 10.3 Å². The molecule has 23 heavy (non-hydrogen) atoms. The lowest BCUT2D eigenvalue weighted by Crippen LogP contribution is -2.36. The Balaban J connectivity index is 2.61. The highest BCUT2D eigenvalue weighted by Crippen LogP contribution is 2.05. The Bertz CT molecular complexity index is 519. The van der Waals surface area contributed by atoms with Crippen LogP contribution in [0, 0.1) is 0 Å². The van der Waals surface area contributed by atoms with Crippen molar-refractivity contribution in [2.24, 2.45) is 0 Å². The summed E-state index contributed by atoms with van der Waals surface area (Å²) in [5.41, 5.74) is 0.468. The van der Waals surface area contributed by atoms with Crippen molar-refractivity contribution in [3.63, 3.8) is 0 Å². The van der Waals surface area contributed by atoms with Gasteiger partial charge in [0.1, 0.15) is 0 Å². The SMILES string of the molecule is CCOC(=O)CCN(CCCNC(C)=O)C(=O)c1cccnc1. The summed E-state index contributed by atoms with van der Waals surface area (Å²) in [7, 11) is 0. The van der Waals surface area contributed by atoms with Gasteiger partial charge >= 0.3 is 5.97 Å². The van der Waals surface area contributed by atoms with Crippen LogP contribution in [0.5, 0.6) is 0 Å². The zero-order valence-corrected chi connectivity index (χ0v) is 13.6. The molecule has 0 aliphatic heterocycles. The van der Waals surface area contributed by atoms with Crippen molar-refractivity contribution in [3.05, 3.63) is 30.1 Å². The summed E-state index contributed by atoms with van der Waals surface area (Å²) in [6.45, 7) is 4.69. The zero-order valence-electron chi connectivity index (χ0n) is 13.6. The quantitative estimate of drug-likeness (QED) is 0.541. The first-order chi connectivity index (χ1) is 11.0. The Kier molecular flexibility index (Phi) is 8.34. The van der Waals surface area contributed by atoms with Gasteiger partial charge in [-0.2, -0.15) is 0 Å². The Hall–Kier alpha value is -2.44. The van der Waals surface area contributed by atoms with Gasteiger partial charge in [-0.25, -0.2) is 0 Å². The van der Waals surface area contributed by atoms with Gasteiger partial charge in [0.05, 0.1) is 18.6 Å². The summed E-state index contributed by atoms with van der Waals surface area (Å²) in [4.78, 5) is 40.4. The molecular weight excluding hydrogens is 298 g/mol. The van der Waals surface area contributed by atoms with Crippen LogP contribution in [0.1, 0.15) is 37.0 Å². The van der Waals surface area contributed by atoms with Gasteiger partial charge in [-0.1, -0.05) is 0 Å². The molecule has 0 radical (unpaired) electrons. The third-order valence-electron chi connectivity index (χ3n) is 3.07. The number of ether oxygens (including phenoxy) is 1. The minimum atomic E-state index is -0.335. The second kappa shape index (κ2) is 10.3. The first-order valence-electron chi connectivity index (χ1n) is 7.64. The number of carbonyl (C=O) groups is 3. The van der Waals surface area contributed by atoms with Crippen LogP contribution in [-0.2, 0) is 14.3 Å². The molecule has 126 valence electrons. The Morgan fingerprint density at radius 2 is 2.09 bits per heavy atom. The number of pyridine rings is 1. The van der Waals surface area contributed by atoms with Crippen molar-refractivity contribution < 1.29 is 19.1 Å². The third-order valence-corrected chi connectivity index (χ3v) is 3.07. The van der Waals surface area contributed by atoms with Gasteiger partial charge in [0.15, 0.2) is 0 Å². The maximum atomic E-state index is 12.5. The second-order valence-electron chi connectivity index (χ2n) is 4.93. The predicted octanol–water partition coefficient (Wildman–Crippen LogP) is 1.00. The van der Waals surface area contributed by atoms with Gasteiger partial charge in [-0.3, -0.25) is 19.4 Å². The van der Waals surface area contributed by atoms with Crippen molar-refractivity contribution in [1.82, 2.24) is 15.2 Å². The van der Waals surface area contributed by atoms with E-state index in [0.717, 1.165) is 0 Å². The van der Waals surface area contributed by atoms with E-state index in [1.807, 2.05) is 0 Å². The largest absolute Gasteiger partial charge is 0.466 e. The fourth-order valence-corrected chi connectivity index (χ4v) is 1.98. The lowest BCUT2D eigenvalue weighted by molar-refractivity contribution is -0.143. The second-order valence-corrected chi connectivity index (χ2v) is 4.93.